The van der Waals surface area contributed by atoms with Crippen LogP contribution in [0.2, 0.25) is 0 Å². The Morgan fingerprint density at radius 2 is 1.95 bits per heavy atom. The van der Waals surface area contributed by atoms with Gasteiger partial charge in [-0.05, 0) is 18.2 Å². The number of methoxy groups -OCH3 is 1. The lowest BCUT2D eigenvalue weighted by molar-refractivity contribution is -0.137. The van der Waals surface area contributed by atoms with Gasteiger partial charge in [-0.25, -0.2) is 0 Å². The molecule has 1 heterocycles. The number of rotatable bonds is 2. The quantitative estimate of drug-likeness (QED) is 0.901. The molecule has 1 aromatic carbocycles. The molecular formula is C13H15F3N2O2. The Hall–Kier alpha value is -1.76. The smallest absolute Gasteiger partial charge is 0.416 e. The molecule has 110 valence electrons. The molecule has 1 aliphatic heterocycles. The molecule has 2 rings (SSSR count). The summed E-state index contributed by atoms with van der Waals surface area (Å²) in [6.45, 7) is 2.41. The number of piperazine rings is 1. The fourth-order valence-corrected chi connectivity index (χ4v) is 2.08. The minimum absolute atomic E-state index is 0.0524. The molecule has 4 nitrogen and oxygen atoms in total. The van der Waals surface area contributed by atoms with Gasteiger partial charge in [0.05, 0.1) is 18.2 Å². The molecule has 20 heavy (non-hydrogen) atoms. The van der Waals surface area contributed by atoms with Crippen LogP contribution in [0.15, 0.2) is 18.2 Å². The molecule has 1 saturated heterocycles. The van der Waals surface area contributed by atoms with Crippen LogP contribution in [0.5, 0.6) is 5.75 Å². The monoisotopic (exact) mass is 288 g/mol. The number of carbonyl (C=O) groups is 1. The summed E-state index contributed by atoms with van der Waals surface area (Å²) in [5.41, 5.74) is -0.673. The van der Waals surface area contributed by atoms with Crippen LogP contribution in [0.1, 0.15) is 15.9 Å². The zero-order valence-corrected chi connectivity index (χ0v) is 11.0. The Kier molecular flexibility index (Phi) is 4.17. The molecule has 0 saturated carbocycles. The summed E-state index contributed by atoms with van der Waals surface area (Å²) < 4.78 is 42.8. The number of nitrogens with one attached hydrogen (secondary N) is 1. The first-order valence-corrected chi connectivity index (χ1v) is 6.18. The lowest BCUT2D eigenvalue weighted by Gasteiger charge is -2.28. The maximum atomic E-state index is 12.6. The second-order valence-electron chi connectivity index (χ2n) is 4.46. The van der Waals surface area contributed by atoms with Crippen molar-refractivity contribution >= 4 is 5.91 Å². The van der Waals surface area contributed by atoms with Crippen molar-refractivity contribution in [3.8, 4) is 5.75 Å². The molecule has 0 radical (unpaired) electrons. The molecule has 1 amide bonds. The van der Waals surface area contributed by atoms with Crippen molar-refractivity contribution in [2.75, 3.05) is 33.3 Å². The SMILES string of the molecule is COc1cc(C(F)(F)F)ccc1C(=O)N1CCNCC1. The third kappa shape index (κ3) is 3.04. The molecule has 1 aromatic rings. The van der Waals surface area contributed by atoms with Crippen molar-refractivity contribution in [2.24, 2.45) is 0 Å². The first kappa shape index (κ1) is 14.6. The normalized spacial score (nSPS) is 16.1. The number of hydrogen-bond acceptors (Lipinski definition) is 3. The fourth-order valence-electron chi connectivity index (χ4n) is 2.08. The van der Waals surface area contributed by atoms with E-state index in [0.717, 1.165) is 12.1 Å². The first-order chi connectivity index (χ1) is 9.43. The maximum Gasteiger partial charge on any atom is 0.416 e. The van der Waals surface area contributed by atoms with Gasteiger partial charge in [0, 0.05) is 26.2 Å². The van der Waals surface area contributed by atoms with Crippen LogP contribution in [0.25, 0.3) is 0 Å². The lowest BCUT2D eigenvalue weighted by Crippen LogP contribution is -2.46. The predicted octanol–water partition coefficient (Wildman–Crippen LogP) is 1.76. The maximum absolute atomic E-state index is 12.6. The summed E-state index contributed by atoms with van der Waals surface area (Å²) in [7, 11) is 1.25. The second kappa shape index (κ2) is 5.70. The van der Waals surface area contributed by atoms with Crippen molar-refractivity contribution in [2.45, 2.75) is 6.18 Å². The van der Waals surface area contributed by atoms with Gasteiger partial charge < -0.3 is 15.0 Å². The van der Waals surface area contributed by atoms with E-state index in [1.54, 1.807) is 4.90 Å². The number of amides is 1. The van der Waals surface area contributed by atoms with E-state index >= 15 is 0 Å². The number of alkyl halides is 3. The molecule has 1 fully saturated rings. The highest BCUT2D eigenvalue weighted by Crippen LogP contribution is 2.33. The molecule has 0 atom stereocenters. The average molecular weight is 288 g/mol. The van der Waals surface area contributed by atoms with E-state index < -0.39 is 11.7 Å². The lowest BCUT2D eigenvalue weighted by atomic mass is 10.1. The number of hydrogen-bond donors (Lipinski definition) is 1. The molecule has 0 spiro atoms. The van der Waals surface area contributed by atoms with E-state index in [9.17, 15) is 18.0 Å². The third-order valence-corrected chi connectivity index (χ3v) is 3.16. The van der Waals surface area contributed by atoms with Gasteiger partial charge in [-0.1, -0.05) is 0 Å². The Bertz CT molecular complexity index is 497. The highest BCUT2D eigenvalue weighted by Gasteiger charge is 2.32. The van der Waals surface area contributed by atoms with Gasteiger partial charge in [0.1, 0.15) is 5.75 Å². The van der Waals surface area contributed by atoms with Gasteiger partial charge in [-0.2, -0.15) is 13.2 Å². The highest BCUT2D eigenvalue weighted by atomic mass is 19.4. The van der Waals surface area contributed by atoms with Crippen LogP contribution in [-0.2, 0) is 6.18 Å². The largest absolute Gasteiger partial charge is 0.496 e. The molecule has 0 bridgehead atoms. The highest BCUT2D eigenvalue weighted by molar-refractivity contribution is 5.97. The second-order valence-corrected chi connectivity index (χ2v) is 4.46. The summed E-state index contributed by atoms with van der Waals surface area (Å²) in [5, 5.41) is 3.10. The first-order valence-electron chi connectivity index (χ1n) is 6.18. The number of ether oxygens (including phenoxy) is 1. The van der Waals surface area contributed by atoms with E-state index in [0.29, 0.717) is 26.2 Å². The predicted molar refractivity (Wildman–Crippen MR) is 66.8 cm³/mol. The summed E-state index contributed by atoms with van der Waals surface area (Å²) in [6.07, 6.45) is -4.45. The number of halogens is 3. The summed E-state index contributed by atoms with van der Waals surface area (Å²) in [4.78, 5) is 13.9. The van der Waals surface area contributed by atoms with Gasteiger partial charge in [0.25, 0.3) is 5.91 Å². The fraction of sp³-hybridized carbons (Fsp3) is 0.462. The van der Waals surface area contributed by atoms with Crippen molar-refractivity contribution in [3.63, 3.8) is 0 Å². The topological polar surface area (TPSA) is 41.6 Å². The van der Waals surface area contributed by atoms with Crippen LogP contribution in [0.4, 0.5) is 13.2 Å². The summed E-state index contributed by atoms with van der Waals surface area (Å²) in [6, 6.07) is 2.93. The molecule has 7 heteroatoms. The van der Waals surface area contributed by atoms with Gasteiger partial charge in [-0.3, -0.25) is 4.79 Å². The molecule has 1 N–H and O–H groups in total. The van der Waals surface area contributed by atoms with Crippen molar-refractivity contribution in [1.29, 1.82) is 0 Å². The minimum Gasteiger partial charge on any atom is -0.496 e. The van der Waals surface area contributed by atoms with Gasteiger partial charge in [0.2, 0.25) is 0 Å². The zero-order valence-electron chi connectivity index (χ0n) is 11.0. The number of benzene rings is 1. The Balaban J connectivity index is 2.29. The van der Waals surface area contributed by atoms with E-state index in [-0.39, 0.29) is 17.2 Å². The molecule has 0 aliphatic carbocycles. The Morgan fingerprint density at radius 1 is 1.30 bits per heavy atom. The van der Waals surface area contributed by atoms with Crippen molar-refractivity contribution in [3.05, 3.63) is 29.3 Å². The van der Waals surface area contributed by atoms with Crippen molar-refractivity contribution in [1.82, 2.24) is 10.2 Å². The van der Waals surface area contributed by atoms with E-state index in [1.807, 2.05) is 0 Å². The third-order valence-electron chi connectivity index (χ3n) is 3.16. The Morgan fingerprint density at radius 3 is 2.50 bits per heavy atom. The van der Waals surface area contributed by atoms with Crippen LogP contribution in [-0.4, -0.2) is 44.1 Å². The van der Waals surface area contributed by atoms with Gasteiger partial charge in [-0.15, -0.1) is 0 Å². The number of nitrogens with zero attached hydrogens (tertiary/aromatic N) is 1. The van der Waals surface area contributed by atoms with E-state index in [2.05, 4.69) is 5.32 Å². The Labute approximate surface area is 114 Å². The van der Waals surface area contributed by atoms with Gasteiger partial charge in [0.15, 0.2) is 0 Å². The summed E-state index contributed by atoms with van der Waals surface area (Å²) >= 11 is 0. The molecular weight excluding hydrogens is 273 g/mol. The zero-order chi connectivity index (χ0) is 14.8. The van der Waals surface area contributed by atoms with Crippen LogP contribution < -0.4 is 10.1 Å². The number of carbonyl (C=O) groups excluding carboxylic acids is 1. The van der Waals surface area contributed by atoms with E-state index in [4.69, 9.17) is 4.74 Å². The standard InChI is InChI=1S/C13H15F3N2O2/c1-20-11-8-9(13(14,15)16)2-3-10(11)12(19)18-6-4-17-5-7-18/h2-3,8,17H,4-7H2,1H3. The average Bonchev–Trinajstić information content (AvgIpc) is 2.45. The van der Waals surface area contributed by atoms with Crippen LogP contribution in [0, 0.1) is 0 Å². The minimum atomic E-state index is -4.45. The van der Waals surface area contributed by atoms with E-state index in [1.165, 1.54) is 13.2 Å². The molecule has 1 aliphatic rings. The molecule has 0 unspecified atom stereocenters. The van der Waals surface area contributed by atoms with Crippen LogP contribution in [0.3, 0.4) is 0 Å². The summed E-state index contributed by atoms with van der Waals surface area (Å²) in [5.74, 6) is -0.361. The molecule has 0 aromatic heterocycles. The van der Waals surface area contributed by atoms with Crippen LogP contribution >= 0.6 is 0 Å². The van der Waals surface area contributed by atoms with Gasteiger partial charge >= 0.3 is 6.18 Å². The van der Waals surface area contributed by atoms with Crippen molar-refractivity contribution < 1.29 is 22.7 Å².